The lowest BCUT2D eigenvalue weighted by atomic mass is 9.77. The lowest BCUT2D eigenvalue weighted by molar-refractivity contribution is 0.175. The highest BCUT2D eigenvalue weighted by Crippen LogP contribution is 2.37. The molecular formula is C31H60OSi. The zero-order valence-corrected chi connectivity index (χ0v) is 24.3. The van der Waals surface area contributed by atoms with Gasteiger partial charge in [-0.15, -0.1) is 0 Å². The third-order valence-corrected chi connectivity index (χ3v) is 11.0. The summed E-state index contributed by atoms with van der Waals surface area (Å²) in [7, 11) is 0.0423. The van der Waals surface area contributed by atoms with Gasteiger partial charge < -0.3 is 4.74 Å². The van der Waals surface area contributed by atoms with Crippen LogP contribution in [0.5, 0.6) is 0 Å². The molecule has 2 heteroatoms. The van der Waals surface area contributed by atoms with Gasteiger partial charge >= 0.3 is 0 Å². The van der Waals surface area contributed by atoms with Crippen molar-refractivity contribution in [3.8, 4) is 0 Å². The van der Waals surface area contributed by atoms with Gasteiger partial charge in [-0.1, -0.05) is 135 Å². The van der Waals surface area contributed by atoms with Gasteiger partial charge in [0.25, 0.3) is 0 Å². The summed E-state index contributed by atoms with van der Waals surface area (Å²) in [5, 5.41) is 0. The fourth-order valence-electron chi connectivity index (χ4n) is 6.41. The maximum absolute atomic E-state index is 5.76. The molecule has 2 aliphatic rings. The van der Waals surface area contributed by atoms with Crippen LogP contribution in [0.15, 0.2) is 12.2 Å². The van der Waals surface area contributed by atoms with E-state index in [1.165, 1.54) is 122 Å². The Morgan fingerprint density at radius 1 is 0.606 bits per heavy atom. The highest BCUT2D eigenvalue weighted by Gasteiger charge is 2.22. The standard InChI is InChI=1S/C31H60OSi/c1-3-5-6-7-8-9-10-11-12-15-28-18-20-29(21-19-28)16-13-14-17-30-22-24-31(25-23-30)33-27-32-26-4-2/h7-8,28-31H,3-6,9-27,33H2,1-2H3/b8-7+. The maximum Gasteiger partial charge on any atom is 0.0547 e. The van der Waals surface area contributed by atoms with Gasteiger partial charge in [-0.2, -0.15) is 0 Å². The second kappa shape index (κ2) is 20.1. The van der Waals surface area contributed by atoms with Crippen molar-refractivity contribution in [1.29, 1.82) is 0 Å². The Kier molecular flexibility index (Phi) is 17.8. The van der Waals surface area contributed by atoms with E-state index in [-0.39, 0.29) is 9.52 Å². The van der Waals surface area contributed by atoms with Crippen molar-refractivity contribution < 1.29 is 4.74 Å². The summed E-state index contributed by atoms with van der Waals surface area (Å²) in [5.41, 5.74) is 1.10. The summed E-state index contributed by atoms with van der Waals surface area (Å²) < 4.78 is 5.76. The van der Waals surface area contributed by atoms with Crippen LogP contribution in [0.4, 0.5) is 0 Å². The second-order valence-electron chi connectivity index (χ2n) is 11.7. The van der Waals surface area contributed by atoms with Crippen LogP contribution in [0.25, 0.3) is 0 Å². The van der Waals surface area contributed by atoms with Crippen molar-refractivity contribution in [3.05, 3.63) is 12.2 Å². The van der Waals surface area contributed by atoms with Crippen molar-refractivity contribution in [3.63, 3.8) is 0 Å². The Morgan fingerprint density at radius 3 is 1.67 bits per heavy atom. The number of rotatable bonds is 19. The molecule has 0 atom stereocenters. The highest BCUT2D eigenvalue weighted by atomic mass is 28.2. The van der Waals surface area contributed by atoms with E-state index in [9.17, 15) is 0 Å². The maximum atomic E-state index is 5.76. The summed E-state index contributed by atoms with van der Waals surface area (Å²) in [6.45, 7) is 5.48. The van der Waals surface area contributed by atoms with Crippen molar-refractivity contribution in [2.45, 2.75) is 154 Å². The van der Waals surface area contributed by atoms with E-state index in [1.807, 2.05) is 0 Å². The molecule has 0 N–H and O–H groups in total. The molecule has 0 aliphatic heterocycles. The Balaban J connectivity index is 1.37. The first-order valence-corrected chi connectivity index (χ1v) is 17.4. The predicted molar refractivity (Wildman–Crippen MR) is 151 cm³/mol. The summed E-state index contributed by atoms with van der Waals surface area (Å²) in [5.74, 6) is 3.20. The zero-order valence-electron chi connectivity index (χ0n) is 22.8. The Labute approximate surface area is 211 Å². The monoisotopic (exact) mass is 476 g/mol. The molecule has 0 aromatic carbocycles. The van der Waals surface area contributed by atoms with Crippen LogP contribution in [0.1, 0.15) is 149 Å². The molecule has 0 heterocycles. The summed E-state index contributed by atoms with van der Waals surface area (Å²) in [4.78, 5) is 0. The summed E-state index contributed by atoms with van der Waals surface area (Å²) in [6, 6.07) is 0. The van der Waals surface area contributed by atoms with E-state index >= 15 is 0 Å². The third kappa shape index (κ3) is 14.8. The number of unbranched alkanes of at least 4 members (excludes halogenated alkanes) is 6. The lowest BCUT2D eigenvalue weighted by Gasteiger charge is -2.30. The molecule has 0 bridgehead atoms. The Bertz CT molecular complexity index is 446. The van der Waals surface area contributed by atoms with E-state index in [0.717, 1.165) is 36.1 Å². The molecule has 2 saturated carbocycles. The van der Waals surface area contributed by atoms with Crippen LogP contribution in [0.2, 0.25) is 5.54 Å². The molecule has 1 nitrogen and oxygen atoms in total. The summed E-state index contributed by atoms with van der Waals surface area (Å²) in [6.07, 6.45) is 36.7. The van der Waals surface area contributed by atoms with Gasteiger partial charge in [0.2, 0.25) is 0 Å². The molecule has 194 valence electrons. The van der Waals surface area contributed by atoms with Gasteiger partial charge in [0.15, 0.2) is 0 Å². The average molecular weight is 477 g/mol. The minimum Gasteiger partial charge on any atom is -0.385 e. The lowest BCUT2D eigenvalue weighted by Crippen LogP contribution is -2.18. The second-order valence-corrected chi connectivity index (χ2v) is 13.9. The topological polar surface area (TPSA) is 9.23 Å². The smallest absolute Gasteiger partial charge is 0.0547 e. The van der Waals surface area contributed by atoms with Crippen LogP contribution in [0.3, 0.4) is 0 Å². The van der Waals surface area contributed by atoms with E-state index < -0.39 is 0 Å². The average Bonchev–Trinajstić information content (AvgIpc) is 2.85. The van der Waals surface area contributed by atoms with E-state index in [0.29, 0.717) is 0 Å². The third-order valence-electron chi connectivity index (χ3n) is 8.80. The Hall–Kier alpha value is -0.0831. The van der Waals surface area contributed by atoms with E-state index in [4.69, 9.17) is 4.74 Å². The first kappa shape index (κ1) is 29.1. The minimum atomic E-state index is 0.0423. The van der Waals surface area contributed by atoms with Crippen LogP contribution < -0.4 is 0 Å². The molecule has 0 radical (unpaired) electrons. The Morgan fingerprint density at radius 2 is 1.12 bits per heavy atom. The van der Waals surface area contributed by atoms with Crippen LogP contribution in [-0.2, 0) is 4.74 Å². The van der Waals surface area contributed by atoms with Gasteiger partial charge in [-0.05, 0) is 49.0 Å². The molecule has 0 saturated heterocycles. The normalized spacial score (nSPS) is 26.6. The van der Waals surface area contributed by atoms with Gasteiger partial charge in [0, 0.05) is 12.8 Å². The van der Waals surface area contributed by atoms with Crippen molar-refractivity contribution in [2.24, 2.45) is 17.8 Å². The van der Waals surface area contributed by atoms with Crippen molar-refractivity contribution in [1.82, 2.24) is 0 Å². The van der Waals surface area contributed by atoms with Gasteiger partial charge in [-0.25, -0.2) is 0 Å². The predicted octanol–water partition coefficient (Wildman–Crippen LogP) is 9.58. The molecule has 0 amide bonds. The molecule has 2 fully saturated rings. The van der Waals surface area contributed by atoms with Gasteiger partial charge in [0.1, 0.15) is 0 Å². The SMILES string of the molecule is CCCC/C=C/CCCCCC1CCC(CCCCC2CCC([SiH2]COCCC)CC2)CC1. The minimum absolute atomic E-state index is 0.0423. The first-order chi connectivity index (χ1) is 16.3. The quantitative estimate of drug-likeness (QED) is 0.102. The van der Waals surface area contributed by atoms with E-state index in [1.54, 1.807) is 12.8 Å². The van der Waals surface area contributed by atoms with Crippen LogP contribution in [0, 0.1) is 17.8 Å². The number of hydrogen-bond donors (Lipinski definition) is 0. The first-order valence-electron chi connectivity index (χ1n) is 15.5. The largest absolute Gasteiger partial charge is 0.385 e. The fraction of sp³-hybridized carbons (Fsp3) is 0.935. The fourth-order valence-corrected chi connectivity index (χ4v) is 8.16. The van der Waals surface area contributed by atoms with E-state index in [2.05, 4.69) is 26.0 Å². The van der Waals surface area contributed by atoms with Gasteiger partial charge in [-0.3, -0.25) is 0 Å². The number of ether oxygens (including phenoxy) is 1. The number of allylic oxidation sites excluding steroid dienone is 2. The summed E-state index contributed by atoms with van der Waals surface area (Å²) >= 11 is 0. The molecule has 0 unspecified atom stereocenters. The zero-order chi connectivity index (χ0) is 23.4. The molecule has 0 aromatic rings. The van der Waals surface area contributed by atoms with Gasteiger partial charge in [0.05, 0.1) is 9.52 Å². The molecule has 2 rings (SSSR count). The van der Waals surface area contributed by atoms with Crippen LogP contribution >= 0.6 is 0 Å². The highest BCUT2D eigenvalue weighted by molar-refractivity contribution is 6.37. The molecule has 2 aliphatic carbocycles. The van der Waals surface area contributed by atoms with Crippen LogP contribution in [-0.4, -0.2) is 22.4 Å². The van der Waals surface area contributed by atoms with Crippen molar-refractivity contribution >= 4 is 9.52 Å². The molecular weight excluding hydrogens is 416 g/mol. The molecule has 0 aromatic heterocycles. The van der Waals surface area contributed by atoms with Crippen molar-refractivity contribution in [2.75, 3.05) is 12.8 Å². The molecule has 0 spiro atoms. The number of hydrogen-bond acceptors (Lipinski definition) is 1. The molecule has 33 heavy (non-hydrogen) atoms.